The van der Waals surface area contributed by atoms with Crippen LogP contribution in [0.15, 0.2) is 29.1 Å². The van der Waals surface area contributed by atoms with Gasteiger partial charge in [-0.25, -0.2) is 4.68 Å². The lowest BCUT2D eigenvalue weighted by molar-refractivity contribution is 0.475. The molecule has 1 aromatic heterocycles. The Balaban J connectivity index is 2.30. The second kappa shape index (κ2) is 4.12. The van der Waals surface area contributed by atoms with Crippen molar-refractivity contribution in [2.45, 2.75) is 0 Å². The summed E-state index contributed by atoms with van der Waals surface area (Å²) in [4.78, 5) is 15.1. The average molecular weight is 233 g/mol. The second-order valence-electron chi connectivity index (χ2n) is 3.42. The van der Waals surface area contributed by atoms with Crippen LogP contribution in [0.3, 0.4) is 0 Å². The number of rotatable bonds is 2. The van der Waals surface area contributed by atoms with Crippen LogP contribution in [0, 0.1) is 0 Å². The van der Waals surface area contributed by atoms with Gasteiger partial charge in [0.1, 0.15) is 5.75 Å². The monoisotopic (exact) mass is 233 g/mol. The summed E-state index contributed by atoms with van der Waals surface area (Å²) in [6, 6.07) is 6.35. The van der Waals surface area contributed by atoms with Gasteiger partial charge < -0.3 is 16.2 Å². The van der Waals surface area contributed by atoms with Crippen molar-refractivity contribution >= 4 is 17.5 Å². The SMILES string of the molecule is Cn1nc(Nc2ccc(O)cc2)nc(N)c1=O. The fourth-order valence-electron chi connectivity index (χ4n) is 1.26. The molecule has 0 fully saturated rings. The third kappa shape index (κ3) is 2.33. The van der Waals surface area contributed by atoms with E-state index in [0.717, 1.165) is 4.68 Å². The van der Waals surface area contributed by atoms with E-state index in [0.29, 0.717) is 5.69 Å². The number of benzene rings is 1. The number of aryl methyl sites for hydroxylation is 1. The van der Waals surface area contributed by atoms with Crippen molar-refractivity contribution in [3.8, 4) is 5.75 Å². The Labute approximate surface area is 96.5 Å². The van der Waals surface area contributed by atoms with E-state index in [1.807, 2.05) is 0 Å². The molecule has 7 nitrogen and oxygen atoms in total. The molecule has 0 bridgehead atoms. The molecule has 17 heavy (non-hydrogen) atoms. The normalized spacial score (nSPS) is 10.2. The quantitative estimate of drug-likeness (QED) is 0.640. The number of anilines is 3. The van der Waals surface area contributed by atoms with Crippen molar-refractivity contribution < 1.29 is 5.11 Å². The van der Waals surface area contributed by atoms with Crippen LogP contribution in [0.1, 0.15) is 0 Å². The van der Waals surface area contributed by atoms with E-state index in [9.17, 15) is 4.79 Å². The predicted octanol–water partition coefficient (Wildman–Crippen LogP) is 0.207. The smallest absolute Gasteiger partial charge is 0.309 e. The molecule has 0 spiro atoms. The van der Waals surface area contributed by atoms with Gasteiger partial charge in [-0.2, -0.15) is 4.98 Å². The summed E-state index contributed by atoms with van der Waals surface area (Å²) in [6.07, 6.45) is 0. The number of phenolic OH excluding ortho intramolecular Hbond substituents is 1. The van der Waals surface area contributed by atoms with Gasteiger partial charge in [0.15, 0.2) is 5.82 Å². The van der Waals surface area contributed by atoms with Gasteiger partial charge in [0, 0.05) is 12.7 Å². The van der Waals surface area contributed by atoms with E-state index in [-0.39, 0.29) is 17.5 Å². The number of nitrogens with zero attached hydrogens (tertiary/aromatic N) is 3. The van der Waals surface area contributed by atoms with Crippen LogP contribution in [0.25, 0.3) is 0 Å². The van der Waals surface area contributed by atoms with E-state index < -0.39 is 5.56 Å². The minimum Gasteiger partial charge on any atom is -0.508 e. The fourth-order valence-corrected chi connectivity index (χ4v) is 1.26. The summed E-state index contributed by atoms with van der Waals surface area (Å²) < 4.78 is 1.10. The molecule has 0 aliphatic heterocycles. The van der Waals surface area contributed by atoms with E-state index in [1.165, 1.54) is 19.2 Å². The number of nitrogens with two attached hydrogens (primary N) is 1. The fraction of sp³-hybridized carbons (Fsp3) is 0.100. The molecule has 0 saturated heterocycles. The largest absolute Gasteiger partial charge is 0.508 e. The van der Waals surface area contributed by atoms with Gasteiger partial charge in [-0.15, -0.1) is 5.10 Å². The molecule has 0 atom stereocenters. The third-order valence-corrected chi connectivity index (χ3v) is 2.11. The molecule has 0 unspecified atom stereocenters. The van der Waals surface area contributed by atoms with E-state index >= 15 is 0 Å². The van der Waals surface area contributed by atoms with Crippen molar-refractivity contribution in [3.05, 3.63) is 34.6 Å². The molecule has 7 heteroatoms. The number of nitrogens with one attached hydrogen (secondary N) is 1. The number of aromatic hydroxyl groups is 1. The summed E-state index contributed by atoms with van der Waals surface area (Å²) in [5.74, 6) is 0.260. The van der Waals surface area contributed by atoms with Crippen LogP contribution < -0.4 is 16.6 Å². The Morgan fingerprint density at radius 1 is 1.35 bits per heavy atom. The van der Waals surface area contributed by atoms with Gasteiger partial charge in [-0.3, -0.25) is 4.79 Å². The highest BCUT2D eigenvalue weighted by molar-refractivity contribution is 5.54. The Hall–Kier alpha value is -2.57. The minimum absolute atomic E-state index is 0.122. The average Bonchev–Trinajstić information content (AvgIpc) is 2.29. The number of aromatic nitrogens is 3. The lowest BCUT2D eigenvalue weighted by Gasteiger charge is -2.06. The number of nitrogen functional groups attached to an aromatic ring is 1. The van der Waals surface area contributed by atoms with Crippen LogP contribution >= 0.6 is 0 Å². The highest BCUT2D eigenvalue weighted by atomic mass is 16.3. The Bertz CT molecular complexity index is 564. The zero-order valence-electron chi connectivity index (χ0n) is 9.08. The summed E-state index contributed by atoms with van der Waals surface area (Å²) in [5, 5.41) is 15.9. The van der Waals surface area contributed by atoms with Crippen LogP contribution in [0.2, 0.25) is 0 Å². The summed E-state index contributed by atoms with van der Waals surface area (Å²) in [6.45, 7) is 0. The number of hydrogen-bond donors (Lipinski definition) is 3. The molecular weight excluding hydrogens is 222 g/mol. The zero-order chi connectivity index (χ0) is 12.4. The molecule has 2 rings (SSSR count). The van der Waals surface area contributed by atoms with Crippen molar-refractivity contribution in [1.29, 1.82) is 0 Å². The first-order valence-electron chi connectivity index (χ1n) is 4.83. The molecule has 4 N–H and O–H groups in total. The highest BCUT2D eigenvalue weighted by Crippen LogP contribution is 2.16. The standard InChI is InChI=1S/C10H11N5O2/c1-15-9(17)8(11)13-10(14-15)12-6-2-4-7(16)5-3-6/h2-5,16H,1H3,(H3,11,12,13,14). The topological polar surface area (TPSA) is 106 Å². The number of hydrogen-bond acceptors (Lipinski definition) is 6. The second-order valence-corrected chi connectivity index (χ2v) is 3.42. The molecule has 0 saturated carbocycles. The Morgan fingerprint density at radius 2 is 2.00 bits per heavy atom. The molecule has 0 radical (unpaired) electrons. The van der Waals surface area contributed by atoms with E-state index in [4.69, 9.17) is 10.8 Å². The maximum atomic E-state index is 11.3. The van der Waals surface area contributed by atoms with Crippen LogP contribution in [0.5, 0.6) is 5.75 Å². The minimum atomic E-state index is -0.443. The van der Waals surface area contributed by atoms with Gasteiger partial charge >= 0.3 is 5.56 Å². The van der Waals surface area contributed by atoms with Gasteiger partial charge in [0.2, 0.25) is 5.95 Å². The molecule has 0 amide bonds. The Kier molecular flexibility index (Phi) is 2.65. The molecule has 2 aromatic rings. The molecule has 1 aromatic carbocycles. The van der Waals surface area contributed by atoms with Gasteiger partial charge in [-0.1, -0.05) is 0 Å². The first-order valence-corrected chi connectivity index (χ1v) is 4.83. The molecule has 88 valence electrons. The van der Waals surface area contributed by atoms with E-state index in [1.54, 1.807) is 12.1 Å². The molecule has 1 heterocycles. The van der Waals surface area contributed by atoms with Crippen LogP contribution in [-0.4, -0.2) is 19.9 Å². The molecule has 0 aliphatic rings. The number of phenols is 1. The summed E-state index contributed by atoms with van der Waals surface area (Å²) >= 11 is 0. The third-order valence-electron chi connectivity index (χ3n) is 2.11. The maximum Gasteiger partial charge on any atom is 0.309 e. The van der Waals surface area contributed by atoms with Crippen molar-refractivity contribution in [2.75, 3.05) is 11.1 Å². The highest BCUT2D eigenvalue weighted by Gasteiger charge is 2.04. The summed E-state index contributed by atoms with van der Waals surface area (Å²) in [7, 11) is 1.49. The first-order chi connectivity index (χ1) is 8.06. The maximum absolute atomic E-state index is 11.3. The van der Waals surface area contributed by atoms with E-state index in [2.05, 4.69) is 15.4 Å². The van der Waals surface area contributed by atoms with Crippen molar-refractivity contribution in [1.82, 2.24) is 14.8 Å². The van der Waals surface area contributed by atoms with Crippen molar-refractivity contribution in [2.24, 2.45) is 7.05 Å². The molecular formula is C10H11N5O2. The predicted molar refractivity (Wildman–Crippen MR) is 63.1 cm³/mol. The van der Waals surface area contributed by atoms with Crippen LogP contribution in [-0.2, 0) is 7.05 Å². The lowest BCUT2D eigenvalue weighted by Crippen LogP contribution is -2.25. The Morgan fingerprint density at radius 3 is 2.59 bits per heavy atom. The molecule has 0 aliphatic carbocycles. The van der Waals surface area contributed by atoms with Crippen LogP contribution in [0.4, 0.5) is 17.5 Å². The van der Waals surface area contributed by atoms with Gasteiger partial charge in [0.05, 0.1) is 0 Å². The van der Waals surface area contributed by atoms with Gasteiger partial charge in [0.25, 0.3) is 0 Å². The van der Waals surface area contributed by atoms with Gasteiger partial charge in [-0.05, 0) is 24.3 Å². The summed E-state index contributed by atoms with van der Waals surface area (Å²) in [5.41, 5.74) is 5.67. The zero-order valence-corrected chi connectivity index (χ0v) is 9.08. The first kappa shape index (κ1) is 10.9. The van der Waals surface area contributed by atoms with Crippen molar-refractivity contribution in [3.63, 3.8) is 0 Å². The lowest BCUT2D eigenvalue weighted by atomic mass is 10.3.